The molecule has 22 heavy (non-hydrogen) atoms. The van der Waals surface area contributed by atoms with Crippen molar-refractivity contribution >= 4 is 27.8 Å². The number of aromatic nitrogens is 3. The Morgan fingerprint density at radius 3 is 2.73 bits per heavy atom. The number of aryl methyl sites for hydroxylation is 1. The molecule has 114 valence electrons. The molecule has 1 saturated heterocycles. The average Bonchev–Trinajstić information content (AvgIpc) is 2.93. The summed E-state index contributed by atoms with van der Waals surface area (Å²) in [5.74, 6) is 1.04. The normalized spacial score (nSPS) is 16.7. The number of hydrogen-bond acceptors (Lipinski definition) is 4. The number of rotatable bonds is 2. The molecule has 5 heteroatoms. The van der Waals surface area contributed by atoms with Crippen LogP contribution in [0.25, 0.3) is 21.9 Å². The molecule has 0 amide bonds. The summed E-state index contributed by atoms with van der Waals surface area (Å²) in [5.41, 5.74) is 4.48. The second kappa shape index (κ2) is 5.25. The van der Waals surface area contributed by atoms with Crippen molar-refractivity contribution in [2.45, 2.75) is 13.8 Å². The van der Waals surface area contributed by atoms with E-state index in [2.05, 4.69) is 56.8 Å². The van der Waals surface area contributed by atoms with Gasteiger partial charge in [-0.05, 0) is 25.6 Å². The highest BCUT2D eigenvalue weighted by atomic mass is 15.3. The highest BCUT2D eigenvalue weighted by Gasteiger charge is 2.20. The first-order valence-electron chi connectivity index (χ1n) is 7.96. The van der Waals surface area contributed by atoms with E-state index in [-0.39, 0.29) is 0 Å². The van der Waals surface area contributed by atoms with Crippen LogP contribution in [-0.4, -0.2) is 52.6 Å². The van der Waals surface area contributed by atoms with Gasteiger partial charge in [-0.2, -0.15) is 0 Å². The lowest BCUT2D eigenvalue weighted by Crippen LogP contribution is -2.46. The Morgan fingerprint density at radius 1 is 1.14 bits per heavy atom. The maximum atomic E-state index is 4.56. The van der Waals surface area contributed by atoms with Crippen LogP contribution in [0.4, 0.5) is 5.82 Å². The van der Waals surface area contributed by atoms with Gasteiger partial charge >= 0.3 is 0 Å². The zero-order chi connectivity index (χ0) is 15.1. The van der Waals surface area contributed by atoms with Crippen molar-refractivity contribution in [1.82, 2.24) is 19.9 Å². The average molecular weight is 295 g/mol. The number of nitrogens with one attached hydrogen (secondary N) is 1. The SMILES string of the molecule is CCN1CCN(c2ncnc3c2[nH]c2ccc(C)cc23)CC1. The number of aromatic amines is 1. The van der Waals surface area contributed by atoms with Crippen molar-refractivity contribution in [3.05, 3.63) is 30.1 Å². The summed E-state index contributed by atoms with van der Waals surface area (Å²) < 4.78 is 0. The summed E-state index contributed by atoms with van der Waals surface area (Å²) in [5, 5.41) is 1.19. The second-order valence-corrected chi connectivity index (χ2v) is 6.02. The van der Waals surface area contributed by atoms with Crippen LogP contribution in [0, 0.1) is 6.92 Å². The highest BCUT2D eigenvalue weighted by Crippen LogP contribution is 2.30. The van der Waals surface area contributed by atoms with Gasteiger partial charge in [0, 0.05) is 37.1 Å². The predicted octanol–water partition coefficient (Wildman–Crippen LogP) is 2.56. The van der Waals surface area contributed by atoms with Crippen molar-refractivity contribution in [2.24, 2.45) is 0 Å². The van der Waals surface area contributed by atoms with Crippen LogP contribution in [0.15, 0.2) is 24.5 Å². The summed E-state index contributed by atoms with van der Waals surface area (Å²) >= 11 is 0. The second-order valence-electron chi connectivity index (χ2n) is 6.02. The van der Waals surface area contributed by atoms with Gasteiger partial charge in [-0.15, -0.1) is 0 Å². The summed E-state index contributed by atoms with van der Waals surface area (Å²) in [4.78, 5) is 17.4. The Balaban J connectivity index is 1.80. The lowest BCUT2D eigenvalue weighted by molar-refractivity contribution is 0.270. The fraction of sp³-hybridized carbons (Fsp3) is 0.412. The number of fused-ring (bicyclic) bond motifs is 3. The van der Waals surface area contributed by atoms with Gasteiger partial charge in [-0.1, -0.05) is 18.6 Å². The number of nitrogens with zero attached hydrogens (tertiary/aromatic N) is 4. The van der Waals surface area contributed by atoms with Crippen LogP contribution >= 0.6 is 0 Å². The monoisotopic (exact) mass is 295 g/mol. The molecule has 3 aromatic rings. The molecular weight excluding hydrogens is 274 g/mol. The Hall–Kier alpha value is -2.14. The molecule has 4 rings (SSSR count). The number of piperazine rings is 1. The van der Waals surface area contributed by atoms with Crippen molar-refractivity contribution in [1.29, 1.82) is 0 Å². The van der Waals surface area contributed by atoms with Crippen molar-refractivity contribution in [3.8, 4) is 0 Å². The van der Waals surface area contributed by atoms with Gasteiger partial charge < -0.3 is 14.8 Å². The minimum absolute atomic E-state index is 1.02. The van der Waals surface area contributed by atoms with E-state index in [1.165, 1.54) is 10.9 Å². The third-order valence-corrected chi connectivity index (χ3v) is 4.64. The Bertz CT molecular complexity index is 814. The molecule has 2 aromatic heterocycles. The zero-order valence-corrected chi connectivity index (χ0v) is 13.1. The quantitative estimate of drug-likeness (QED) is 0.789. The third kappa shape index (κ3) is 2.13. The van der Waals surface area contributed by atoms with Crippen LogP contribution < -0.4 is 4.90 Å². The largest absolute Gasteiger partial charge is 0.352 e. The Labute approximate surface area is 130 Å². The van der Waals surface area contributed by atoms with E-state index in [9.17, 15) is 0 Å². The molecule has 1 fully saturated rings. The predicted molar refractivity (Wildman–Crippen MR) is 90.5 cm³/mol. The molecule has 3 heterocycles. The van der Waals surface area contributed by atoms with Gasteiger partial charge in [0.05, 0.1) is 0 Å². The molecule has 0 aliphatic carbocycles. The molecule has 0 spiro atoms. The van der Waals surface area contributed by atoms with E-state index >= 15 is 0 Å². The van der Waals surface area contributed by atoms with Crippen molar-refractivity contribution in [3.63, 3.8) is 0 Å². The lowest BCUT2D eigenvalue weighted by atomic mass is 10.1. The molecule has 0 radical (unpaired) electrons. The third-order valence-electron chi connectivity index (χ3n) is 4.64. The molecule has 1 aromatic carbocycles. The first-order chi connectivity index (χ1) is 10.8. The number of hydrogen-bond donors (Lipinski definition) is 1. The molecule has 1 N–H and O–H groups in total. The molecule has 0 saturated carbocycles. The summed E-state index contributed by atoms with van der Waals surface area (Å²) in [6.07, 6.45) is 1.69. The molecule has 0 atom stereocenters. The van der Waals surface area contributed by atoms with E-state index in [4.69, 9.17) is 0 Å². The summed E-state index contributed by atoms with van der Waals surface area (Å²) in [6.45, 7) is 9.70. The molecule has 1 aliphatic heterocycles. The van der Waals surface area contributed by atoms with Crippen LogP contribution in [0.2, 0.25) is 0 Å². The molecule has 1 aliphatic rings. The molecular formula is C17H21N5. The van der Waals surface area contributed by atoms with Gasteiger partial charge in [0.25, 0.3) is 0 Å². The maximum absolute atomic E-state index is 4.56. The maximum Gasteiger partial charge on any atom is 0.156 e. The summed E-state index contributed by atoms with van der Waals surface area (Å²) in [6, 6.07) is 6.45. The molecule has 5 nitrogen and oxygen atoms in total. The highest BCUT2D eigenvalue weighted by molar-refractivity contribution is 6.08. The van der Waals surface area contributed by atoms with E-state index in [0.717, 1.165) is 55.1 Å². The standard InChI is InChI=1S/C17H21N5/c1-3-21-6-8-22(9-7-21)17-16-15(18-11-19-17)13-10-12(2)4-5-14(13)20-16/h4-5,10-11,20H,3,6-9H2,1-2H3. The summed E-state index contributed by atoms with van der Waals surface area (Å²) in [7, 11) is 0. The van der Waals surface area contributed by atoms with Crippen molar-refractivity contribution < 1.29 is 0 Å². The first-order valence-corrected chi connectivity index (χ1v) is 7.96. The first kappa shape index (κ1) is 13.5. The Kier molecular flexibility index (Phi) is 3.22. The fourth-order valence-corrected chi connectivity index (χ4v) is 3.31. The number of anilines is 1. The van der Waals surface area contributed by atoms with Gasteiger partial charge in [0.1, 0.15) is 17.4 Å². The van der Waals surface area contributed by atoms with E-state index in [1.807, 2.05) is 0 Å². The van der Waals surface area contributed by atoms with Gasteiger partial charge in [-0.25, -0.2) is 9.97 Å². The number of likely N-dealkylation sites (N-methyl/N-ethyl adjacent to an activating group) is 1. The number of benzene rings is 1. The van der Waals surface area contributed by atoms with Gasteiger partial charge in [0.15, 0.2) is 5.82 Å². The topological polar surface area (TPSA) is 48.1 Å². The lowest BCUT2D eigenvalue weighted by Gasteiger charge is -2.34. The van der Waals surface area contributed by atoms with Crippen molar-refractivity contribution in [2.75, 3.05) is 37.6 Å². The van der Waals surface area contributed by atoms with Crippen LogP contribution in [-0.2, 0) is 0 Å². The van der Waals surface area contributed by atoms with E-state index < -0.39 is 0 Å². The van der Waals surface area contributed by atoms with E-state index in [1.54, 1.807) is 6.33 Å². The van der Waals surface area contributed by atoms with Crippen LogP contribution in [0.1, 0.15) is 12.5 Å². The Morgan fingerprint density at radius 2 is 1.95 bits per heavy atom. The van der Waals surface area contributed by atoms with Gasteiger partial charge in [-0.3, -0.25) is 0 Å². The minimum Gasteiger partial charge on any atom is -0.352 e. The zero-order valence-electron chi connectivity index (χ0n) is 13.1. The minimum atomic E-state index is 1.02. The molecule has 0 unspecified atom stereocenters. The van der Waals surface area contributed by atoms with Crippen LogP contribution in [0.5, 0.6) is 0 Å². The van der Waals surface area contributed by atoms with Gasteiger partial charge in [0.2, 0.25) is 0 Å². The smallest absolute Gasteiger partial charge is 0.156 e. The molecule has 0 bridgehead atoms. The fourth-order valence-electron chi connectivity index (χ4n) is 3.31. The van der Waals surface area contributed by atoms with E-state index in [0.29, 0.717) is 0 Å². The number of H-pyrrole nitrogens is 1. The van der Waals surface area contributed by atoms with Crippen LogP contribution in [0.3, 0.4) is 0 Å².